The first kappa shape index (κ1) is 19.1. The maximum atomic E-state index is 12.2. The van der Waals surface area contributed by atoms with Gasteiger partial charge in [-0.1, -0.05) is 39.0 Å². The number of amides is 2. The Morgan fingerprint density at radius 2 is 1.72 bits per heavy atom. The summed E-state index contributed by atoms with van der Waals surface area (Å²) in [7, 11) is 0. The molecule has 2 aromatic rings. The van der Waals surface area contributed by atoms with Crippen molar-refractivity contribution in [1.82, 2.24) is 5.32 Å². The van der Waals surface area contributed by atoms with Gasteiger partial charge in [0, 0.05) is 16.1 Å². The summed E-state index contributed by atoms with van der Waals surface area (Å²) in [4.78, 5) is 25.2. The average molecular weight is 356 g/mol. The van der Waals surface area contributed by atoms with Crippen LogP contribution in [0.2, 0.25) is 0 Å². The Kier molecular flexibility index (Phi) is 6.26. The molecule has 0 radical (unpaired) electrons. The van der Waals surface area contributed by atoms with E-state index in [9.17, 15) is 9.59 Å². The molecule has 25 heavy (non-hydrogen) atoms. The number of carbonyl (C=O) groups excluding carboxylic acids is 2. The second-order valence-corrected chi connectivity index (χ2v) is 7.67. The third-order valence-corrected chi connectivity index (χ3v) is 4.50. The summed E-state index contributed by atoms with van der Waals surface area (Å²) in [6, 6.07) is 15.1. The van der Waals surface area contributed by atoms with Crippen LogP contribution in [-0.4, -0.2) is 24.6 Å². The normalized spacial score (nSPS) is 11.0. The van der Waals surface area contributed by atoms with Gasteiger partial charge in [0.2, 0.25) is 5.91 Å². The molecule has 0 spiro atoms. The van der Waals surface area contributed by atoms with Crippen LogP contribution in [0.5, 0.6) is 0 Å². The number of carbonyl (C=O) groups is 2. The molecule has 132 valence electrons. The lowest BCUT2D eigenvalue weighted by Crippen LogP contribution is -2.32. The molecule has 2 N–H and O–H groups in total. The van der Waals surface area contributed by atoms with E-state index in [-0.39, 0.29) is 23.8 Å². The van der Waals surface area contributed by atoms with Gasteiger partial charge in [0.05, 0.1) is 6.54 Å². The van der Waals surface area contributed by atoms with E-state index < -0.39 is 0 Å². The number of rotatable bonds is 5. The van der Waals surface area contributed by atoms with Crippen LogP contribution in [0.15, 0.2) is 53.4 Å². The van der Waals surface area contributed by atoms with Crippen LogP contribution < -0.4 is 10.6 Å². The minimum Gasteiger partial charge on any atom is -0.343 e. The lowest BCUT2D eigenvalue weighted by atomic mass is 9.87. The van der Waals surface area contributed by atoms with Crippen molar-refractivity contribution in [2.24, 2.45) is 0 Å². The third kappa shape index (κ3) is 5.64. The molecule has 0 heterocycles. The maximum Gasteiger partial charge on any atom is 0.251 e. The smallest absolute Gasteiger partial charge is 0.251 e. The van der Waals surface area contributed by atoms with Crippen molar-refractivity contribution in [3.05, 3.63) is 59.7 Å². The molecule has 0 saturated heterocycles. The zero-order chi connectivity index (χ0) is 18.4. The van der Waals surface area contributed by atoms with Crippen molar-refractivity contribution >= 4 is 29.3 Å². The van der Waals surface area contributed by atoms with E-state index in [1.807, 2.05) is 42.7 Å². The molecule has 2 amide bonds. The number of nitrogens with one attached hydrogen (secondary N) is 2. The molecular weight excluding hydrogens is 332 g/mol. The lowest BCUT2D eigenvalue weighted by Gasteiger charge is -2.19. The van der Waals surface area contributed by atoms with Crippen LogP contribution in [0.1, 0.15) is 36.7 Å². The van der Waals surface area contributed by atoms with Gasteiger partial charge >= 0.3 is 0 Å². The van der Waals surface area contributed by atoms with Gasteiger partial charge in [-0.15, -0.1) is 11.8 Å². The highest BCUT2D eigenvalue weighted by Crippen LogP contribution is 2.22. The Hall–Kier alpha value is -2.27. The largest absolute Gasteiger partial charge is 0.343 e. The first-order chi connectivity index (χ1) is 11.8. The molecule has 4 nitrogen and oxygen atoms in total. The van der Waals surface area contributed by atoms with Crippen molar-refractivity contribution in [2.75, 3.05) is 18.1 Å². The Balaban J connectivity index is 1.89. The standard InChI is InChI=1S/C20H24N2O2S/c1-20(2,3)15-10-8-14(9-11-15)19(24)21-13-18(23)22-16-6-5-7-17(12-16)25-4/h5-12H,13H2,1-4H3,(H,21,24)(H,22,23). The van der Waals surface area contributed by atoms with Gasteiger partial charge in [-0.25, -0.2) is 0 Å². The van der Waals surface area contributed by atoms with E-state index in [0.717, 1.165) is 16.1 Å². The molecule has 0 fully saturated rings. The predicted octanol–water partition coefficient (Wildman–Crippen LogP) is 4.07. The Bertz CT molecular complexity index is 749. The van der Waals surface area contributed by atoms with Crippen LogP contribution in [0.25, 0.3) is 0 Å². The fraction of sp³-hybridized carbons (Fsp3) is 0.300. The second kappa shape index (κ2) is 8.21. The van der Waals surface area contributed by atoms with Crippen LogP contribution >= 0.6 is 11.8 Å². The second-order valence-electron chi connectivity index (χ2n) is 6.79. The predicted molar refractivity (Wildman–Crippen MR) is 104 cm³/mol. The Morgan fingerprint density at radius 3 is 2.32 bits per heavy atom. The maximum absolute atomic E-state index is 12.2. The quantitative estimate of drug-likeness (QED) is 0.794. The van der Waals surface area contributed by atoms with Gasteiger partial charge in [-0.3, -0.25) is 9.59 Å². The summed E-state index contributed by atoms with van der Waals surface area (Å²) < 4.78 is 0. The summed E-state index contributed by atoms with van der Waals surface area (Å²) in [5, 5.41) is 5.44. The summed E-state index contributed by atoms with van der Waals surface area (Å²) in [5.74, 6) is -0.508. The topological polar surface area (TPSA) is 58.2 Å². The molecule has 0 aliphatic rings. The Morgan fingerprint density at radius 1 is 1.04 bits per heavy atom. The molecule has 2 aromatic carbocycles. The lowest BCUT2D eigenvalue weighted by molar-refractivity contribution is -0.115. The third-order valence-electron chi connectivity index (χ3n) is 3.78. The van der Waals surface area contributed by atoms with E-state index in [2.05, 4.69) is 31.4 Å². The molecular formula is C20H24N2O2S. The SMILES string of the molecule is CSc1cccc(NC(=O)CNC(=O)c2ccc(C(C)(C)C)cc2)c1. The molecule has 0 unspecified atom stereocenters. The van der Waals surface area contributed by atoms with Crippen molar-refractivity contribution < 1.29 is 9.59 Å². The number of thioether (sulfide) groups is 1. The van der Waals surface area contributed by atoms with Gasteiger partial charge < -0.3 is 10.6 Å². The van der Waals surface area contributed by atoms with E-state index in [0.29, 0.717) is 5.56 Å². The van der Waals surface area contributed by atoms with E-state index in [1.165, 1.54) is 0 Å². The molecule has 5 heteroatoms. The van der Waals surface area contributed by atoms with Crippen molar-refractivity contribution in [3.8, 4) is 0 Å². The van der Waals surface area contributed by atoms with E-state index in [4.69, 9.17) is 0 Å². The van der Waals surface area contributed by atoms with Gasteiger partial charge in [0.15, 0.2) is 0 Å². The van der Waals surface area contributed by atoms with Gasteiger partial charge in [-0.2, -0.15) is 0 Å². The Labute approximate surface area is 153 Å². The molecule has 0 aliphatic carbocycles. The first-order valence-electron chi connectivity index (χ1n) is 8.12. The molecule has 0 atom stereocenters. The van der Waals surface area contributed by atoms with Crippen molar-refractivity contribution in [2.45, 2.75) is 31.1 Å². The number of benzene rings is 2. The highest BCUT2D eigenvalue weighted by atomic mass is 32.2. The first-order valence-corrected chi connectivity index (χ1v) is 9.35. The van der Waals surface area contributed by atoms with Gasteiger partial charge in [-0.05, 0) is 47.6 Å². The number of anilines is 1. The summed E-state index contributed by atoms with van der Waals surface area (Å²) >= 11 is 1.61. The van der Waals surface area contributed by atoms with E-state index >= 15 is 0 Å². The summed E-state index contributed by atoms with van der Waals surface area (Å²) in [6.45, 7) is 6.30. The fourth-order valence-corrected chi connectivity index (χ4v) is 2.75. The zero-order valence-electron chi connectivity index (χ0n) is 15.1. The van der Waals surface area contributed by atoms with Crippen LogP contribution in [0.4, 0.5) is 5.69 Å². The van der Waals surface area contributed by atoms with Crippen LogP contribution in [0, 0.1) is 0 Å². The monoisotopic (exact) mass is 356 g/mol. The van der Waals surface area contributed by atoms with Crippen molar-refractivity contribution in [3.63, 3.8) is 0 Å². The van der Waals surface area contributed by atoms with Crippen LogP contribution in [-0.2, 0) is 10.2 Å². The molecule has 0 saturated carbocycles. The van der Waals surface area contributed by atoms with E-state index in [1.54, 1.807) is 23.9 Å². The number of hydrogen-bond acceptors (Lipinski definition) is 3. The fourth-order valence-electron chi connectivity index (χ4n) is 2.29. The molecule has 2 rings (SSSR count). The minimum atomic E-state index is -0.256. The minimum absolute atomic E-state index is 0.0419. The van der Waals surface area contributed by atoms with Gasteiger partial charge in [0.25, 0.3) is 5.91 Å². The highest BCUT2D eigenvalue weighted by molar-refractivity contribution is 7.98. The van der Waals surface area contributed by atoms with Crippen LogP contribution in [0.3, 0.4) is 0 Å². The number of hydrogen-bond donors (Lipinski definition) is 2. The van der Waals surface area contributed by atoms with Gasteiger partial charge in [0.1, 0.15) is 0 Å². The highest BCUT2D eigenvalue weighted by Gasteiger charge is 2.14. The summed E-state index contributed by atoms with van der Waals surface area (Å²) in [6.07, 6.45) is 1.98. The average Bonchev–Trinajstić information content (AvgIpc) is 2.59. The zero-order valence-corrected chi connectivity index (χ0v) is 15.9. The molecule has 0 aliphatic heterocycles. The molecule has 0 bridgehead atoms. The van der Waals surface area contributed by atoms with Crippen molar-refractivity contribution in [1.29, 1.82) is 0 Å². The molecule has 0 aromatic heterocycles. The summed E-state index contributed by atoms with van der Waals surface area (Å²) in [5.41, 5.74) is 2.47.